The van der Waals surface area contributed by atoms with Gasteiger partial charge in [-0.3, -0.25) is 10.1 Å². The number of benzene rings is 1. The molecule has 0 aliphatic carbocycles. The van der Waals surface area contributed by atoms with Crippen LogP contribution >= 0.6 is 0 Å². The van der Waals surface area contributed by atoms with E-state index in [0.29, 0.717) is 5.56 Å². The van der Waals surface area contributed by atoms with E-state index in [4.69, 9.17) is 0 Å². The van der Waals surface area contributed by atoms with Gasteiger partial charge in [-0.1, -0.05) is 6.07 Å². The van der Waals surface area contributed by atoms with E-state index in [1.165, 1.54) is 26.1 Å². The second kappa shape index (κ2) is 3.38. The van der Waals surface area contributed by atoms with Crippen LogP contribution in [0.4, 0.5) is 15.8 Å². The summed E-state index contributed by atoms with van der Waals surface area (Å²) in [6.07, 6.45) is 0. The maximum atomic E-state index is 13.3. The lowest BCUT2D eigenvalue weighted by Gasteiger charge is -2.03. The average molecular weight is 184 g/mol. The highest BCUT2D eigenvalue weighted by Gasteiger charge is 2.20. The summed E-state index contributed by atoms with van der Waals surface area (Å²) in [6, 6.07) is 2.98. The van der Waals surface area contributed by atoms with Crippen molar-refractivity contribution in [3.63, 3.8) is 0 Å². The first-order valence-electron chi connectivity index (χ1n) is 3.69. The summed E-state index contributed by atoms with van der Waals surface area (Å²) in [4.78, 5) is 9.73. The van der Waals surface area contributed by atoms with Crippen LogP contribution < -0.4 is 5.32 Å². The zero-order valence-electron chi connectivity index (χ0n) is 7.30. The Labute approximate surface area is 74.5 Å². The van der Waals surface area contributed by atoms with Gasteiger partial charge in [0.1, 0.15) is 0 Å². The minimum atomic E-state index is -0.812. The normalized spacial score (nSPS) is 9.77. The molecule has 4 nitrogen and oxygen atoms in total. The Morgan fingerprint density at radius 1 is 1.54 bits per heavy atom. The largest absolute Gasteiger partial charge is 0.386 e. The van der Waals surface area contributed by atoms with Gasteiger partial charge in [-0.2, -0.15) is 4.39 Å². The van der Waals surface area contributed by atoms with Gasteiger partial charge in [0.2, 0.25) is 5.82 Å². The summed E-state index contributed by atoms with van der Waals surface area (Å²) >= 11 is 0. The Bertz CT molecular complexity index is 352. The number of nitrogens with zero attached hydrogens (tertiary/aromatic N) is 1. The first-order valence-corrected chi connectivity index (χ1v) is 3.69. The van der Waals surface area contributed by atoms with Gasteiger partial charge in [0, 0.05) is 12.6 Å². The molecule has 0 spiro atoms. The molecule has 0 heterocycles. The van der Waals surface area contributed by atoms with E-state index in [1.807, 2.05) is 0 Å². The molecule has 13 heavy (non-hydrogen) atoms. The lowest BCUT2D eigenvalue weighted by Crippen LogP contribution is -2.00. The molecular weight excluding hydrogens is 175 g/mol. The van der Waals surface area contributed by atoms with Gasteiger partial charge in [-0.05, 0) is 13.0 Å². The minimum Gasteiger partial charge on any atom is -0.386 e. The lowest BCUT2D eigenvalue weighted by atomic mass is 10.1. The minimum absolute atomic E-state index is 0.136. The van der Waals surface area contributed by atoms with Gasteiger partial charge in [-0.15, -0.1) is 0 Å². The van der Waals surface area contributed by atoms with Gasteiger partial charge >= 0.3 is 5.69 Å². The maximum absolute atomic E-state index is 13.3. The number of anilines is 1. The maximum Gasteiger partial charge on any atom is 0.309 e. The Kier molecular flexibility index (Phi) is 2.46. The molecule has 1 rings (SSSR count). The molecule has 0 amide bonds. The molecule has 5 heteroatoms. The molecule has 0 saturated carbocycles. The number of rotatable bonds is 2. The van der Waals surface area contributed by atoms with Crippen molar-refractivity contribution in [2.45, 2.75) is 6.92 Å². The van der Waals surface area contributed by atoms with Crippen molar-refractivity contribution in [3.8, 4) is 0 Å². The molecule has 0 fully saturated rings. The quantitative estimate of drug-likeness (QED) is 0.565. The van der Waals surface area contributed by atoms with Crippen molar-refractivity contribution in [2.24, 2.45) is 0 Å². The van der Waals surface area contributed by atoms with E-state index in [1.54, 1.807) is 0 Å². The van der Waals surface area contributed by atoms with Crippen molar-refractivity contribution < 1.29 is 9.31 Å². The van der Waals surface area contributed by atoms with Gasteiger partial charge in [0.05, 0.1) is 10.6 Å². The van der Waals surface area contributed by atoms with E-state index < -0.39 is 16.4 Å². The Morgan fingerprint density at radius 2 is 2.15 bits per heavy atom. The first-order chi connectivity index (χ1) is 6.07. The zero-order valence-corrected chi connectivity index (χ0v) is 7.30. The van der Waals surface area contributed by atoms with E-state index in [9.17, 15) is 14.5 Å². The van der Waals surface area contributed by atoms with E-state index in [-0.39, 0.29) is 5.69 Å². The summed E-state index contributed by atoms with van der Waals surface area (Å²) in [7, 11) is 1.51. The van der Waals surface area contributed by atoms with Crippen molar-refractivity contribution in [1.82, 2.24) is 0 Å². The molecule has 1 aromatic rings. The molecule has 70 valence electrons. The van der Waals surface area contributed by atoms with Crippen LogP contribution in [0.2, 0.25) is 0 Å². The number of halogens is 1. The fourth-order valence-electron chi connectivity index (χ4n) is 1.08. The smallest absolute Gasteiger partial charge is 0.309 e. The fourth-order valence-corrected chi connectivity index (χ4v) is 1.08. The number of aryl methyl sites for hydroxylation is 1. The molecule has 0 bridgehead atoms. The Morgan fingerprint density at radius 3 is 2.62 bits per heavy atom. The van der Waals surface area contributed by atoms with Crippen LogP contribution in [0.25, 0.3) is 0 Å². The standard InChI is InChI=1S/C8H9FN2O2/c1-5-3-4-6(10-2)7(9)8(5)11(12)13/h3-4,10H,1-2H3. The second-order valence-corrected chi connectivity index (χ2v) is 2.60. The van der Waals surface area contributed by atoms with Crippen LogP contribution in [0.1, 0.15) is 5.56 Å². The van der Waals surface area contributed by atoms with Gasteiger partial charge in [-0.25, -0.2) is 0 Å². The molecule has 0 aliphatic heterocycles. The van der Waals surface area contributed by atoms with E-state index in [2.05, 4.69) is 5.32 Å². The van der Waals surface area contributed by atoms with Crippen molar-refractivity contribution >= 4 is 11.4 Å². The summed E-state index contributed by atoms with van der Waals surface area (Å²) in [6.45, 7) is 1.50. The van der Waals surface area contributed by atoms with Gasteiger partial charge in [0.25, 0.3) is 0 Å². The third-order valence-electron chi connectivity index (χ3n) is 1.77. The molecule has 0 radical (unpaired) electrons. The molecule has 1 aromatic carbocycles. The van der Waals surface area contributed by atoms with Crippen molar-refractivity contribution in [2.75, 3.05) is 12.4 Å². The molecule has 1 N–H and O–H groups in total. The van der Waals surface area contributed by atoms with Crippen molar-refractivity contribution in [3.05, 3.63) is 33.6 Å². The van der Waals surface area contributed by atoms with E-state index >= 15 is 0 Å². The predicted octanol–water partition coefficient (Wildman–Crippen LogP) is 2.08. The number of nitro groups is 1. The molecule has 0 aromatic heterocycles. The molecule has 0 atom stereocenters. The van der Waals surface area contributed by atoms with Crippen LogP contribution in [0.15, 0.2) is 12.1 Å². The highest BCUT2D eigenvalue weighted by Crippen LogP contribution is 2.27. The monoisotopic (exact) mass is 184 g/mol. The van der Waals surface area contributed by atoms with Crippen molar-refractivity contribution in [1.29, 1.82) is 0 Å². The fraction of sp³-hybridized carbons (Fsp3) is 0.250. The Balaban J connectivity index is 3.38. The topological polar surface area (TPSA) is 55.2 Å². The summed E-state index contributed by atoms with van der Waals surface area (Å²) in [5.74, 6) is -0.812. The van der Waals surface area contributed by atoms with Crippen LogP contribution in [-0.4, -0.2) is 12.0 Å². The van der Waals surface area contributed by atoms with Crippen LogP contribution in [0.5, 0.6) is 0 Å². The third-order valence-corrected chi connectivity index (χ3v) is 1.77. The number of nitrogens with one attached hydrogen (secondary N) is 1. The zero-order chi connectivity index (χ0) is 10.0. The number of nitro benzene ring substituents is 1. The average Bonchev–Trinajstić information content (AvgIpc) is 2.04. The molecule has 0 aliphatic rings. The molecule has 0 saturated heterocycles. The van der Waals surface area contributed by atoms with Crippen LogP contribution in [-0.2, 0) is 0 Å². The van der Waals surface area contributed by atoms with Gasteiger partial charge < -0.3 is 5.32 Å². The lowest BCUT2D eigenvalue weighted by molar-refractivity contribution is -0.388. The van der Waals surface area contributed by atoms with E-state index in [0.717, 1.165) is 0 Å². The second-order valence-electron chi connectivity index (χ2n) is 2.60. The highest BCUT2D eigenvalue weighted by molar-refractivity contribution is 5.56. The molecular formula is C8H9FN2O2. The first kappa shape index (κ1) is 9.44. The molecule has 0 unspecified atom stereocenters. The number of hydrogen-bond donors (Lipinski definition) is 1. The number of hydrogen-bond acceptors (Lipinski definition) is 3. The SMILES string of the molecule is CNc1ccc(C)c([N+](=O)[O-])c1F. The van der Waals surface area contributed by atoms with Gasteiger partial charge in [0.15, 0.2) is 0 Å². The summed E-state index contributed by atoms with van der Waals surface area (Å²) in [5.41, 5.74) is -0.00866. The highest BCUT2D eigenvalue weighted by atomic mass is 19.1. The summed E-state index contributed by atoms with van der Waals surface area (Å²) in [5, 5.41) is 13.0. The van der Waals surface area contributed by atoms with Crippen LogP contribution in [0.3, 0.4) is 0 Å². The summed E-state index contributed by atoms with van der Waals surface area (Å²) < 4.78 is 13.3. The van der Waals surface area contributed by atoms with Crippen LogP contribution in [0, 0.1) is 22.9 Å². The predicted molar refractivity (Wildman–Crippen MR) is 47.3 cm³/mol. The third kappa shape index (κ3) is 1.58. The Hall–Kier alpha value is -1.65.